The second-order valence-corrected chi connectivity index (χ2v) is 6.81. The first-order valence-corrected chi connectivity index (χ1v) is 8.34. The zero-order chi connectivity index (χ0) is 17.3. The molecule has 2 amide bonds. The van der Waals surface area contributed by atoms with Gasteiger partial charge in [-0.3, -0.25) is 19.8 Å². The summed E-state index contributed by atoms with van der Waals surface area (Å²) in [5, 5.41) is 2.63. The smallest absolute Gasteiger partial charge is 0.270 e. The summed E-state index contributed by atoms with van der Waals surface area (Å²) in [4.78, 5) is 28.2. The Morgan fingerprint density at radius 2 is 1.88 bits per heavy atom. The van der Waals surface area contributed by atoms with E-state index in [0.29, 0.717) is 11.4 Å². The van der Waals surface area contributed by atoms with Crippen LogP contribution in [-0.4, -0.2) is 24.0 Å². The lowest BCUT2D eigenvalue weighted by molar-refractivity contribution is -0.122. The Hall–Kier alpha value is -2.51. The summed E-state index contributed by atoms with van der Waals surface area (Å²) >= 11 is 6.68. The lowest BCUT2D eigenvalue weighted by atomic mass is 10.1. The Balaban J connectivity index is 1.97. The molecule has 1 fully saturated rings. The van der Waals surface area contributed by atoms with Gasteiger partial charge in [-0.05, 0) is 61.6 Å². The van der Waals surface area contributed by atoms with E-state index in [4.69, 9.17) is 17.0 Å². The molecule has 3 rings (SSSR count). The van der Waals surface area contributed by atoms with Gasteiger partial charge in [0.05, 0.1) is 12.8 Å². The van der Waals surface area contributed by atoms with Crippen LogP contribution in [0.4, 0.5) is 5.69 Å². The lowest BCUT2D eigenvalue weighted by Crippen LogP contribution is -2.54. The molecule has 0 spiro atoms. The van der Waals surface area contributed by atoms with Crippen LogP contribution in [0.1, 0.15) is 9.75 Å². The number of carbonyl (C=O) groups is 2. The quantitative estimate of drug-likeness (QED) is 0.521. The van der Waals surface area contributed by atoms with Crippen molar-refractivity contribution in [2.75, 3.05) is 12.0 Å². The van der Waals surface area contributed by atoms with Crippen LogP contribution in [0, 0.1) is 6.92 Å². The number of hydrogen-bond acceptors (Lipinski definition) is 5. The Labute approximate surface area is 148 Å². The highest BCUT2D eigenvalue weighted by Crippen LogP contribution is 2.25. The van der Waals surface area contributed by atoms with Crippen LogP contribution in [0.25, 0.3) is 6.08 Å². The molecule has 1 N–H and O–H groups in total. The molecule has 0 bridgehead atoms. The van der Waals surface area contributed by atoms with Crippen molar-refractivity contribution in [3.8, 4) is 5.75 Å². The molecule has 2 heterocycles. The fraction of sp³-hybridized carbons (Fsp3) is 0.118. The monoisotopic (exact) mass is 358 g/mol. The van der Waals surface area contributed by atoms with Crippen molar-refractivity contribution in [3.05, 3.63) is 51.7 Å². The predicted molar refractivity (Wildman–Crippen MR) is 98.3 cm³/mol. The summed E-state index contributed by atoms with van der Waals surface area (Å²) < 4.78 is 5.11. The molecule has 1 aliphatic rings. The molecule has 1 aromatic carbocycles. The number of methoxy groups -OCH3 is 1. The Morgan fingerprint density at radius 3 is 2.46 bits per heavy atom. The summed E-state index contributed by atoms with van der Waals surface area (Å²) in [6, 6.07) is 10.7. The molecule has 0 saturated carbocycles. The molecule has 7 heteroatoms. The van der Waals surface area contributed by atoms with Crippen LogP contribution in [0.3, 0.4) is 0 Å². The number of rotatable bonds is 3. The highest BCUT2D eigenvalue weighted by Gasteiger charge is 2.34. The van der Waals surface area contributed by atoms with E-state index in [-0.39, 0.29) is 10.7 Å². The van der Waals surface area contributed by atoms with Crippen molar-refractivity contribution < 1.29 is 14.3 Å². The third-order valence-electron chi connectivity index (χ3n) is 3.48. The first-order valence-electron chi connectivity index (χ1n) is 7.11. The van der Waals surface area contributed by atoms with Gasteiger partial charge in [-0.15, -0.1) is 11.3 Å². The minimum Gasteiger partial charge on any atom is -0.497 e. The van der Waals surface area contributed by atoms with E-state index in [9.17, 15) is 9.59 Å². The molecule has 0 radical (unpaired) electrons. The zero-order valence-corrected chi connectivity index (χ0v) is 14.7. The van der Waals surface area contributed by atoms with Gasteiger partial charge >= 0.3 is 0 Å². The predicted octanol–water partition coefficient (Wildman–Crippen LogP) is 2.90. The van der Waals surface area contributed by atoms with Crippen molar-refractivity contribution in [1.29, 1.82) is 0 Å². The average molecular weight is 358 g/mol. The van der Waals surface area contributed by atoms with Crippen LogP contribution in [0.5, 0.6) is 5.75 Å². The molecular weight excluding hydrogens is 344 g/mol. The van der Waals surface area contributed by atoms with Crippen molar-refractivity contribution in [1.82, 2.24) is 5.32 Å². The molecule has 5 nitrogen and oxygen atoms in total. The number of anilines is 1. The minimum absolute atomic E-state index is 0.0567. The van der Waals surface area contributed by atoms with E-state index in [1.807, 2.05) is 19.1 Å². The number of hydrogen-bond donors (Lipinski definition) is 1. The van der Waals surface area contributed by atoms with Gasteiger partial charge < -0.3 is 4.74 Å². The zero-order valence-electron chi connectivity index (χ0n) is 13.0. The van der Waals surface area contributed by atoms with E-state index in [1.54, 1.807) is 37.5 Å². The van der Waals surface area contributed by atoms with Gasteiger partial charge in [0.15, 0.2) is 5.11 Å². The molecule has 2 aromatic rings. The van der Waals surface area contributed by atoms with Gasteiger partial charge in [0.1, 0.15) is 11.3 Å². The average Bonchev–Trinajstić information content (AvgIpc) is 2.97. The third kappa shape index (κ3) is 3.08. The van der Waals surface area contributed by atoms with Crippen molar-refractivity contribution >= 4 is 52.2 Å². The fourth-order valence-electron chi connectivity index (χ4n) is 2.30. The normalized spacial score (nSPS) is 16.5. The van der Waals surface area contributed by atoms with Crippen LogP contribution < -0.4 is 15.0 Å². The maximum Gasteiger partial charge on any atom is 0.270 e. The van der Waals surface area contributed by atoms with Gasteiger partial charge in [-0.25, -0.2) is 0 Å². The fourth-order valence-corrected chi connectivity index (χ4v) is 3.40. The van der Waals surface area contributed by atoms with E-state index in [2.05, 4.69) is 5.32 Å². The van der Waals surface area contributed by atoms with Crippen LogP contribution in [-0.2, 0) is 9.59 Å². The molecule has 122 valence electrons. The topological polar surface area (TPSA) is 58.6 Å². The van der Waals surface area contributed by atoms with Crippen LogP contribution in [0.15, 0.2) is 42.0 Å². The molecule has 1 saturated heterocycles. The largest absolute Gasteiger partial charge is 0.497 e. The summed E-state index contributed by atoms with van der Waals surface area (Å²) in [6.45, 7) is 1.97. The number of nitrogens with zero attached hydrogens (tertiary/aromatic N) is 1. The van der Waals surface area contributed by atoms with Crippen LogP contribution in [0.2, 0.25) is 0 Å². The van der Waals surface area contributed by atoms with Gasteiger partial charge in [-0.1, -0.05) is 0 Å². The molecule has 24 heavy (non-hydrogen) atoms. The summed E-state index contributed by atoms with van der Waals surface area (Å²) in [5.41, 5.74) is 0.625. The third-order valence-corrected chi connectivity index (χ3v) is 4.71. The molecule has 1 aliphatic heterocycles. The van der Waals surface area contributed by atoms with Gasteiger partial charge in [0.2, 0.25) is 0 Å². The second-order valence-electron chi connectivity index (χ2n) is 5.10. The number of aryl methyl sites for hydroxylation is 1. The molecule has 1 aromatic heterocycles. The molecule has 0 unspecified atom stereocenters. The van der Waals surface area contributed by atoms with Crippen molar-refractivity contribution in [2.45, 2.75) is 6.92 Å². The summed E-state index contributed by atoms with van der Waals surface area (Å²) in [5.74, 6) is -0.260. The van der Waals surface area contributed by atoms with Crippen LogP contribution >= 0.6 is 23.6 Å². The highest BCUT2D eigenvalue weighted by molar-refractivity contribution is 7.80. The molecule has 0 aliphatic carbocycles. The number of nitrogens with one attached hydrogen (secondary N) is 1. The number of thiophene rings is 1. The first-order chi connectivity index (χ1) is 11.5. The molecular formula is C17H14N2O3S2. The summed E-state index contributed by atoms with van der Waals surface area (Å²) in [6.07, 6.45) is 1.59. The number of thiocarbonyl (C=S) groups is 1. The Morgan fingerprint density at radius 1 is 1.17 bits per heavy atom. The van der Waals surface area contributed by atoms with E-state index >= 15 is 0 Å². The maximum absolute atomic E-state index is 12.8. The highest BCUT2D eigenvalue weighted by atomic mass is 32.1. The second kappa shape index (κ2) is 6.54. The standard InChI is InChI=1S/C17H14N2O3S2/c1-10-3-8-13(24-10)9-14-15(20)18-17(23)19(16(14)21)11-4-6-12(22-2)7-5-11/h3-9H,1-2H3,(H,18,20,23). The van der Waals surface area contributed by atoms with Crippen molar-refractivity contribution in [3.63, 3.8) is 0 Å². The first kappa shape index (κ1) is 16.4. The number of ether oxygens (including phenoxy) is 1. The number of benzene rings is 1. The van der Waals surface area contributed by atoms with E-state index in [0.717, 1.165) is 9.75 Å². The SMILES string of the molecule is COc1ccc(N2C(=O)C(=Cc3ccc(C)s3)C(=O)NC2=S)cc1. The summed E-state index contributed by atoms with van der Waals surface area (Å²) in [7, 11) is 1.57. The minimum atomic E-state index is -0.485. The maximum atomic E-state index is 12.8. The number of amides is 2. The van der Waals surface area contributed by atoms with E-state index < -0.39 is 11.8 Å². The number of carbonyl (C=O) groups excluding carboxylic acids is 2. The van der Waals surface area contributed by atoms with Gasteiger partial charge in [-0.2, -0.15) is 0 Å². The van der Waals surface area contributed by atoms with E-state index in [1.165, 1.54) is 16.2 Å². The lowest BCUT2D eigenvalue weighted by Gasteiger charge is -2.28. The Bertz CT molecular complexity index is 853. The van der Waals surface area contributed by atoms with Gasteiger partial charge in [0, 0.05) is 9.75 Å². The van der Waals surface area contributed by atoms with Gasteiger partial charge in [0.25, 0.3) is 11.8 Å². The Kier molecular flexibility index (Phi) is 4.46. The van der Waals surface area contributed by atoms with Crippen molar-refractivity contribution in [2.24, 2.45) is 0 Å². The molecule has 0 atom stereocenters.